The van der Waals surface area contributed by atoms with E-state index in [4.69, 9.17) is 0 Å². The molecule has 0 amide bonds. The highest BCUT2D eigenvalue weighted by atomic mass is 32.1. The summed E-state index contributed by atoms with van der Waals surface area (Å²) in [7, 11) is 0. The van der Waals surface area contributed by atoms with Gasteiger partial charge in [0.25, 0.3) is 0 Å². The first-order valence-corrected chi connectivity index (χ1v) is 19.2. The van der Waals surface area contributed by atoms with E-state index in [0.29, 0.717) is 0 Å². The van der Waals surface area contributed by atoms with Gasteiger partial charge >= 0.3 is 0 Å². The molecule has 0 spiro atoms. The van der Waals surface area contributed by atoms with Gasteiger partial charge in [-0.3, -0.25) is 0 Å². The van der Waals surface area contributed by atoms with Gasteiger partial charge in [-0.15, -0.1) is 11.3 Å². The van der Waals surface area contributed by atoms with E-state index in [1.54, 1.807) is 0 Å². The molecule has 2 heteroatoms. The van der Waals surface area contributed by atoms with Crippen LogP contribution >= 0.6 is 11.3 Å². The zero-order valence-electron chi connectivity index (χ0n) is 29.6. The molecule has 0 unspecified atom stereocenters. The quantitative estimate of drug-likeness (QED) is 0.160. The van der Waals surface area contributed by atoms with E-state index in [0.717, 1.165) is 11.4 Å². The van der Waals surface area contributed by atoms with Crippen molar-refractivity contribution in [2.24, 2.45) is 0 Å². The highest BCUT2D eigenvalue weighted by Gasteiger charge is 2.22. The number of fused-ring (bicyclic) bond motifs is 4. The third kappa shape index (κ3) is 5.65. The van der Waals surface area contributed by atoms with Gasteiger partial charge in [0.2, 0.25) is 0 Å². The number of thiophene rings is 1. The Bertz CT molecular complexity index is 2910. The van der Waals surface area contributed by atoms with E-state index < -0.39 is 0 Å². The van der Waals surface area contributed by atoms with Crippen LogP contribution in [0.25, 0.3) is 75.5 Å². The Kier molecular flexibility index (Phi) is 8.09. The van der Waals surface area contributed by atoms with E-state index >= 15 is 0 Å². The van der Waals surface area contributed by atoms with E-state index in [-0.39, 0.29) is 0 Å². The normalized spacial score (nSPS) is 11.3. The molecule has 0 aliphatic heterocycles. The van der Waals surface area contributed by atoms with Crippen molar-refractivity contribution >= 4 is 59.3 Å². The van der Waals surface area contributed by atoms with Crippen LogP contribution in [0.1, 0.15) is 0 Å². The SMILES string of the molecule is c1ccc(-c2ccccc2N(c2ccc(-c3ccc4cccc(-c5ccccc5)c4c3)cc2)c2cccc3c2sc2cccc(-c4ccccc4)c23)cc1. The van der Waals surface area contributed by atoms with Crippen LogP contribution in [0.15, 0.2) is 212 Å². The van der Waals surface area contributed by atoms with Gasteiger partial charge in [0.05, 0.1) is 16.1 Å². The maximum Gasteiger partial charge on any atom is 0.0640 e. The van der Waals surface area contributed by atoms with Gasteiger partial charge in [-0.05, 0) is 86.1 Å². The second-order valence-corrected chi connectivity index (χ2v) is 14.7. The average molecular weight is 706 g/mol. The van der Waals surface area contributed by atoms with Crippen LogP contribution < -0.4 is 4.90 Å². The number of benzene rings is 9. The van der Waals surface area contributed by atoms with Crippen LogP contribution in [0.2, 0.25) is 0 Å². The fourth-order valence-corrected chi connectivity index (χ4v) is 9.16. The molecule has 0 bridgehead atoms. The fourth-order valence-electron chi connectivity index (χ4n) is 7.93. The summed E-state index contributed by atoms with van der Waals surface area (Å²) >= 11 is 1.88. The van der Waals surface area contributed by atoms with Crippen LogP contribution in [0, 0.1) is 0 Å². The molecule has 0 aliphatic carbocycles. The standard InChI is InChI=1S/C52H35NS/c1-4-15-37(16-5-1)43-23-12-21-40-29-30-41(35-47(40)43)36-31-33-42(34-32-36)53(48-26-11-10-22-44(48)38-17-6-2-7-18-38)49-27-13-25-46-51-45(39-19-8-3-9-20-39)24-14-28-50(51)54-52(46)49/h1-35H. The second kappa shape index (κ2) is 13.7. The van der Waals surface area contributed by atoms with Crippen LogP contribution in [0.5, 0.6) is 0 Å². The third-order valence-corrected chi connectivity index (χ3v) is 11.7. The van der Waals surface area contributed by atoms with E-state index in [1.807, 2.05) is 11.3 Å². The first-order valence-electron chi connectivity index (χ1n) is 18.4. The molecule has 10 rings (SSSR count). The predicted octanol–water partition coefficient (Wildman–Crippen LogP) is 15.3. The number of hydrogen-bond acceptors (Lipinski definition) is 2. The summed E-state index contributed by atoms with van der Waals surface area (Å²) in [6, 6.07) is 77.0. The summed E-state index contributed by atoms with van der Waals surface area (Å²) in [6.07, 6.45) is 0. The number of anilines is 3. The third-order valence-electron chi connectivity index (χ3n) is 10.5. The molecule has 0 saturated heterocycles. The second-order valence-electron chi connectivity index (χ2n) is 13.7. The molecule has 1 heterocycles. The van der Waals surface area contributed by atoms with Crippen molar-refractivity contribution in [3.8, 4) is 44.5 Å². The van der Waals surface area contributed by atoms with Gasteiger partial charge in [-0.25, -0.2) is 0 Å². The molecule has 54 heavy (non-hydrogen) atoms. The van der Waals surface area contributed by atoms with Gasteiger partial charge in [-0.2, -0.15) is 0 Å². The van der Waals surface area contributed by atoms with Crippen LogP contribution in [0.3, 0.4) is 0 Å². The number of hydrogen-bond donors (Lipinski definition) is 0. The predicted molar refractivity (Wildman–Crippen MR) is 233 cm³/mol. The molecule has 0 radical (unpaired) electrons. The van der Waals surface area contributed by atoms with Crippen molar-refractivity contribution in [2.45, 2.75) is 0 Å². The lowest BCUT2D eigenvalue weighted by atomic mass is 9.94. The van der Waals surface area contributed by atoms with Gasteiger partial charge in [0.1, 0.15) is 0 Å². The molecule has 254 valence electrons. The maximum absolute atomic E-state index is 2.46. The molecule has 0 atom stereocenters. The first kappa shape index (κ1) is 32.0. The molecule has 0 fully saturated rings. The average Bonchev–Trinajstić information content (AvgIpc) is 3.65. The summed E-state index contributed by atoms with van der Waals surface area (Å²) in [5, 5.41) is 5.08. The molecular formula is C52H35NS. The zero-order valence-corrected chi connectivity index (χ0v) is 30.4. The Morgan fingerprint density at radius 1 is 0.333 bits per heavy atom. The van der Waals surface area contributed by atoms with Crippen LogP contribution in [-0.4, -0.2) is 0 Å². The Morgan fingerprint density at radius 2 is 0.889 bits per heavy atom. The van der Waals surface area contributed by atoms with Crippen molar-refractivity contribution in [1.82, 2.24) is 0 Å². The Labute approximate surface area is 319 Å². The molecule has 0 aliphatic rings. The molecular weight excluding hydrogens is 671 g/mol. The van der Waals surface area contributed by atoms with Crippen LogP contribution in [-0.2, 0) is 0 Å². The summed E-state index contributed by atoms with van der Waals surface area (Å²) in [5.74, 6) is 0. The summed E-state index contributed by atoms with van der Waals surface area (Å²) in [5.41, 5.74) is 13.2. The lowest BCUT2D eigenvalue weighted by Gasteiger charge is -2.28. The number of rotatable bonds is 7. The summed E-state index contributed by atoms with van der Waals surface area (Å²) < 4.78 is 2.56. The Morgan fingerprint density at radius 3 is 1.63 bits per heavy atom. The lowest BCUT2D eigenvalue weighted by Crippen LogP contribution is -2.11. The summed E-state index contributed by atoms with van der Waals surface area (Å²) in [6.45, 7) is 0. The van der Waals surface area contributed by atoms with Gasteiger partial charge in [0.15, 0.2) is 0 Å². The highest BCUT2D eigenvalue weighted by molar-refractivity contribution is 7.26. The number of para-hydroxylation sites is 1. The van der Waals surface area contributed by atoms with Crippen LogP contribution in [0.4, 0.5) is 17.1 Å². The van der Waals surface area contributed by atoms with Crippen molar-refractivity contribution in [3.05, 3.63) is 212 Å². The van der Waals surface area contributed by atoms with E-state index in [9.17, 15) is 0 Å². The minimum atomic E-state index is 1.11. The number of nitrogens with zero attached hydrogens (tertiary/aromatic N) is 1. The smallest absolute Gasteiger partial charge is 0.0640 e. The minimum absolute atomic E-state index is 1.11. The monoisotopic (exact) mass is 705 g/mol. The van der Waals surface area contributed by atoms with Crippen molar-refractivity contribution in [3.63, 3.8) is 0 Å². The molecule has 1 aromatic heterocycles. The van der Waals surface area contributed by atoms with E-state index in [2.05, 4.69) is 217 Å². The molecule has 0 saturated carbocycles. The van der Waals surface area contributed by atoms with Crippen molar-refractivity contribution < 1.29 is 0 Å². The Hall–Kier alpha value is -6.74. The fraction of sp³-hybridized carbons (Fsp3) is 0. The van der Waals surface area contributed by atoms with Gasteiger partial charge < -0.3 is 4.90 Å². The highest BCUT2D eigenvalue weighted by Crippen LogP contribution is 2.49. The van der Waals surface area contributed by atoms with Gasteiger partial charge in [-0.1, -0.05) is 176 Å². The van der Waals surface area contributed by atoms with Crippen molar-refractivity contribution in [1.29, 1.82) is 0 Å². The topological polar surface area (TPSA) is 3.24 Å². The molecule has 1 nitrogen and oxygen atoms in total. The van der Waals surface area contributed by atoms with Gasteiger partial charge in [0, 0.05) is 26.7 Å². The Balaban J connectivity index is 1.15. The zero-order chi connectivity index (χ0) is 35.8. The van der Waals surface area contributed by atoms with E-state index in [1.165, 1.54) is 81.1 Å². The van der Waals surface area contributed by atoms with Crippen molar-refractivity contribution in [2.75, 3.05) is 4.90 Å². The largest absolute Gasteiger partial charge is 0.308 e. The lowest BCUT2D eigenvalue weighted by molar-refractivity contribution is 1.30. The minimum Gasteiger partial charge on any atom is -0.308 e. The summed E-state index contributed by atoms with van der Waals surface area (Å²) in [4.78, 5) is 2.46. The molecule has 0 N–H and O–H groups in total. The first-order chi connectivity index (χ1) is 26.8. The molecule has 10 aromatic rings. The maximum atomic E-state index is 2.46. The molecule has 9 aromatic carbocycles.